The molecule has 0 amide bonds. The van der Waals surface area contributed by atoms with Gasteiger partial charge in [-0.25, -0.2) is 0 Å². The van der Waals surface area contributed by atoms with E-state index in [1.807, 2.05) is 0 Å². The maximum Gasteiger partial charge on any atom is 0.187 e. The van der Waals surface area contributed by atoms with Crippen molar-refractivity contribution in [1.29, 1.82) is 0 Å². The Morgan fingerprint density at radius 1 is 0.400 bits per heavy atom. The van der Waals surface area contributed by atoms with Crippen molar-refractivity contribution < 1.29 is 89.5 Å². The molecule has 0 saturated carbocycles. The largest absolute Gasteiger partial charge is 0.187 e. The third kappa shape index (κ3) is 18.5. The van der Waals surface area contributed by atoms with E-state index in [1.54, 1.807) is 0 Å². The van der Waals surface area contributed by atoms with Crippen LogP contribution in [0.2, 0.25) is 0 Å². The molecular weight excluding hydrogens is 815 g/mol. The Balaban J connectivity index is 0. The van der Waals surface area contributed by atoms with Gasteiger partial charge < -0.3 is 0 Å². The molecule has 0 aliphatic carbocycles. The Morgan fingerprint density at radius 2 is 0.400 bits per heavy atom. The maximum absolute atomic E-state index is 0. The molecule has 0 aromatic heterocycles. The monoisotopic (exact) mass is 818 g/mol. The van der Waals surface area contributed by atoms with Gasteiger partial charge in [0.2, 0.25) is 0 Å². The molecule has 0 rings (SSSR count). The molecule has 0 heterocycles. The summed E-state index contributed by atoms with van der Waals surface area (Å²) >= 11 is 0. The minimum atomic E-state index is 0. The summed E-state index contributed by atoms with van der Waals surface area (Å²) in [5.74, 6) is 0. The molecule has 0 aromatic carbocycles. The van der Waals surface area contributed by atoms with Crippen molar-refractivity contribution >= 4 is 17.4 Å². The van der Waals surface area contributed by atoms with Crippen molar-refractivity contribution in [3.05, 3.63) is 0 Å². The average Bonchev–Trinajstić information content (AvgIpc) is 0. The fraction of sp³-hybridized carbons (Fsp3) is 0. The molecule has 0 spiro atoms. The van der Waals surface area contributed by atoms with Crippen LogP contribution >= 0.6 is 0 Å². The summed E-state index contributed by atoms with van der Waals surface area (Å²) < 4.78 is 0. The van der Waals surface area contributed by atoms with Crippen LogP contribution in [0.1, 0.15) is 0 Å². The first kappa shape index (κ1) is 39.1. The smallest absolute Gasteiger partial charge is 0 e. The molecule has 0 aliphatic rings. The summed E-state index contributed by atoms with van der Waals surface area (Å²) in [5.41, 5.74) is 0. The minimum Gasteiger partial charge on any atom is 0 e. The topological polar surface area (TPSA) is 0 Å². The molecule has 5 heteroatoms. The van der Waals surface area contributed by atoms with Gasteiger partial charge >= 0.3 is 0 Å². The van der Waals surface area contributed by atoms with E-state index >= 15 is 0 Å². The third-order valence-corrected chi connectivity index (χ3v) is 0. The van der Waals surface area contributed by atoms with Crippen LogP contribution in [0.5, 0.6) is 0 Å². The van der Waals surface area contributed by atoms with Crippen molar-refractivity contribution in [3.8, 4) is 0 Å². The Morgan fingerprint density at radius 3 is 0.400 bits per heavy atom. The van der Waals surface area contributed by atoms with E-state index in [0.717, 1.165) is 0 Å². The van der Waals surface area contributed by atoms with Gasteiger partial charge in [0.05, 0.1) is 0 Å². The van der Waals surface area contributed by atoms with E-state index in [1.165, 1.54) is 0 Å². The van der Waals surface area contributed by atoms with Crippen LogP contribution in [-0.4, -0.2) is 17.4 Å². The zero-order chi connectivity index (χ0) is 0. The maximum atomic E-state index is 0. The fourth-order valence-electron chi connectivity index (χ4n) is 0. The molecule has 5 heavy (non-hydrogen) atoms. The number of hydrogen-bond donors (Lipinski definition) is 0. The molecule has 0 fully saturated rings. The standard InChI is InChI=1S/Al.4Au.3H. The Labute approximate surface area is 105 Å². The van der Waals surface area contributed by atoms with Crippen LogP contribution in [0.15, 0.2) is 0 Å². The van der Waals surface area contributed by atoms with Gasteiger partial charge in [0.1, 0.15) is 0 Å². The minimum absolute atomic E-state index is 0. The second kappa shape index (κ2) is 25.9. The quantitative estimate of drug-likeness (QED) is 0.270. The Hall–Kier alpha value is 3.49. The summed E-state index contributed by atoms with van der Waals surface area (Å²) in [6, 6.07) is 0. The van der Waals surface area contributed by atoms with Gasteiger partial charge in [-0.15, -0.1) is 0 Å². The predicted molar refractivity (Wildman–Crippen MR) is 9.94 cm³/mol. The van der Waals surface area contributed by atoms with Crippen molar-refractivity contribution in [1.82, 2.24) is 0 Å². The Kier molecular flexibility index (Phi) is 202. The van der Waals surface area contributed by atoms with Crippen molar-refractivity contribution in [2.24, 2.45) is 0 Å². The van der Waals surface area contributed by atoms with Crippen LogP contribution in [0, 0.1) is 0 Å². The molecule has 0 nitrogen and oxygen atoms in total. The zero-order valence-corrected chi connectivity index (χ0v) is 9.87. The van der Waals surface area contributed by atoms with Gasteiger partial charge in [-0.2, -0.15) is 0 Å². The molecule has 0 unspecified atom stereocenters. The Bertz CT molecular complexity index is 3.61. The van der Waals surface area contributed by atoms with E-state index in [9.17, 15) is 0 Å². The van der Waals surface area contributed by atoms with Crippen LogP contribution in [0.3, 0.4) is 0 Å². The first-order valence-corrected chi connectivity index (χ1v) is 0. The third-order valence-electron chi connectivity index (χ3n) is 0. The van der Waals surface area contributed by atoms with Crippen LogP contribution in [-0.2, 0) is 89.5 Å². The van der Waals surface area contributed by atoms with E-state index in [0.29, 0.717) is 0 Å². The van der Waals surface area contributed by atoms with Crippen molar-refractivity contribution in [2.45, 2.75) is 0 Å². The van der Waals surface area contributed by atoms with Crippen molar-refractivity contribution in [2.75, 3.05) is 0 Å². The number of rotatable bonds is 0. The van der Waals surface area contributed by atoms with E-state index in [-0.39, 0.29) is 107 Å². The fourth-order valence-corrected chi connectivity index (χ4v) is 0. The second-order valence-corrected chi connectivity index (χ2v) is 0. The summed E-state index contributed by atoms with van der Waals surface area (Å²) in [6.45, 7) is 0. The van der Waals surface area contributed by atoms with Gasteiger partial charge in [0.25, 0.3) is 0 Å². The molecular formula is H3AlAu4. The number of hydrogen-bond acceptors (Lipinski definition) is 0. The van der Waals surface area contributed by atoms with Crippen LogP contribution in [0.4, 0.5) is 0 Å². The molecule has 0 bridgehead atoms. The molecule has 0 atom stereocenters. The summed E-state index contributed by atoms with van der Waals surface area (Å²) in [6.07, 6.45) is 0. The molecule has 0 aliphatic heterocycles. The first-order chi connectivity index (χ1) is 0. The predicted octanol–water partition coefficient (Wildman–Crippen LogP) is -1.19. The van der Waals surface area contributed by atoms with Crippen LogP contribution in [0.25, 0.3) is 0 Å². The van der Waals surface area contributed by atoms with Gasteiger partial charge in [0.15, 0.2) is 17.4 Å². The summed E-state index contributed by atoms with van der Waals surface area (Å²) in [5, 5.41) is 0. The van der Waals surface area contributed by atoms with Gasteiger partial charge in [-0.3, -0.25) is 0 Å². The van der Waals surface area contributed by atoms with Crippen LogP contribution < -0.4 is 0 Å². The molecule has 0 N–H and O–H groups in total. The SMILES string of the molecule is [AlH3].[Au].[Au].[Au].[Au]. The molecule has 50 valence electrons. The molecule has 0 aromatic rings. The van der Waals surface area contributed by atoms with Gasteiger partial charge in [-0.05, 0) is 0 Å². The van der Waals surface area contributed by atoms with Crippen molar-refractivity contribution in [3.63, 3.8) is 0 Å². The van der Waals surface area contributed by atoms with E-state index < -0.39 is 0 Å². The second-order valence-electron chi connectivity index (χ2n) is 0. The average molecular weight is 818 g/mol. The van der Waals surface area contributed by atoms with Gasteiger partial charge in [0, 0.05) is 89.5 Å². The normalized spacial score (nSPS) is 0. The van der Waals surface area contributed by atoms with E-state index in [2.05, 4.69) is 0 Å². The first-order valence-electron chi connectivity index (χ1n) is 0. The summed E-state index contributed by atoms with van der Waals surface area (Å²) in [4.78, 5) is 0. The van der Waals surface area contributed by atoms with Gasteiger partial charge in [-0.1, -0.05) is 0 Å². The molecule has 0 saturated heterocycles. The zero-order valence-electron chi connectivity index (χ0n) is 1.21. The van der Waals surface area contributed by atoms with E-state index in [4.69, 9.17) is 0 Å². The summed E-state index contributed by atoms with van der Waals surface area (Å²) in [7, 11) is 0. The molecule has 4 radical (unpaired) electrons.